The number of para-hydroxylation sites is 6. The highest BCUT2D eigenvalue weighted by molar-refractivity contribution is 6.12. The summed E-state index contributed by atoms with van der Waals surface area (Å²) in [7, 11) is 0. The molecule has 4 heteroatoms. The topological polar surface area (TPSA) is 16.3 Å². The van der Waals surface area contributed by atoms with E-state index in [9.17, 15) is 0 Å². The van der Waals surface area contributed by atoms with E-state index in [1.54, 1.807) is 0 Å². The van der Waals surface area contributed by atoms with Crippen LogP contribution in [0.4, 0.5) is 34.1 Å². The Bertz CT molecular complexity index is 3950. The Morgan fingerprint density at radius 3 is 1.10 bits per heavy atom. The summed E-state index contributed by atoms with van der Waals surface area (Å²) in [6, 6.07) is 96.5. The van der Waals surface area contributed by atoms with Crippen molar-refractivity contribution in [2.24, 2.45) is 0 Å². The molecular formula is C64H44N4. The summed E-state index contributed by atoms with van der Waals surface area (Å²) in [5, 5.41) is 7.29. The molecule has 0 aliphatic carbocycles. The van der Waals surface area contributed by atoms with Gasteiger partial charge in [-0.3, -0.25) is 0 Å². The number of hydrogen-bond acceptors (Lipinski definition) is 2. The number of benzene rings is 11. The average molecular weight is 869 g/mol. The molecule has 0 spiro atoms. The van der Waals surface area contributed by atoms with Crippen molar-refractivity contribution in [1.82, 2.24) is 9.13 Å². The molecule has 0 N–H and O–H groups in total. The second-order valence-electron chi connectivity index (χ2n) is 17.4. The van der Waals surface area contributed by atoms with Crippen molar-refractivity contribution in [3.05, 3.63) is 267 Å². The fraction of sp³-hybridized carbons (Fsp3) is 0. The molecule has 0 bridgehead atoms. The van der Waals surface area contributed by atoms with E-state index in [4.69, 9.17) is 0 Å². The second-order valence-corrected chi connectivity index (χ2v) is 17.4. The number of anilines is 6. The Balaban J connectivity index is 0.852. The maximum Gasteiger partial charge on any atom is 0.0542 e. The summed E-state index contributed by atoms with van der Waals surface area (Å²) in [6.07, 6.45) is 0. The molecule has 0 saturated carbocycles. The van der Waals surface area contributed by atoms with E-state index in [1.807, 2.05) is 0 Å². The number of fused-ring (bicyclic) bond motifs is 7. The molecule has 320 valence electrons. The minimum atomic E-state index is 1.10. The molecule has 0 atom stereocenters. The first-order valence-electron chi connectivity index (χ1n) is 23.3. The smallest absolute Gasteiger partial charge is 0.0542 e. The van der Waals surface area contributed by atoms with Gasteiger partial charge in [0.25, 0.3) is 0 Å². The molecule has 2 heterocycles. The van der Waals surface area contributed by atoms with Crippen molar-refractivity contribution < 1.29 is 0 Å². The maximum absolute atomic E-state index is 2.37. The normalized spacial score (nSPS) is 11.5. The largest absolute Gasteiger partial charge is 0.310 e. The number of nitrogens with zero attached hydrogens (tertiary/aromatic N) is 4. The number of aromatic nitrogens is 2. The fourth-order valence-electron chi connectivity index (χ4n) is 10.3. The van der Waals surface area contributed by atoms with Crippen LogP contribution in [0.25, 0.3) is 76.9 Å². The van der Waals surface area contributed by atoms with Gasteiger partial charge >= 0.3 is 0 Å². The lowest BCUT2D eigenvalue weighted by atomic mass is 10.00. The van der Waals surface area contributed by atoms with Gasteiger partial charge in [-0.15, -0.1) is 0 Å². The molecule has 13 aromatic rings. The van der Waals surface area contributed by atoms with Crippen LogP contribution >= 0.6 is 0 Å². The molecule has 0 aliphatic heterocycles. The molecule has 2 aromatic heterocycles. The van der Waals surface area contributed by atoms with Crippen LogP contribution < -0.4 is 9.80 Å². The van der Waals surface area contributed by atoms with Crippen molar-refractivity contribution in [2.45, 2.75) is 0 Å². The molecule has 0 saturated heterocycles. The highest BCUT2D eigenvalue weighted by Gasteiger charge is 2.20. The van der Waals surface area contributed by atoms with E-state index in [2.05, 4.69) is 286 Å². The van der Waals surface area contributed by atoms with E-state index in [0.29, 0.717) is 0 Å². The number of rotatable bonds is 9. The lowest BCUT2D eigenvalue weighted by Gasteiger charge is -2.26. The Kier molecular flexibility index (Phi) is 9.47. The van der Waals surface area contributed by atoms with Gasteiger partial charge in [-0.2, -0.15) is 0 Å². The fourth-order valence-corrected chi connectivity index (χ4v) is 10.3. The minimum Gasteiger partial charge on any atom is -0.310 e. The summed E-state index contributed by atoms with van der Waals surface area (Å²) in [4.78, 5) is 4.73. The van der Waals surface area contributed by atoms with Crippen LogP contribution in [0, 0.1) is 0 Å². The van der Waals surface area contributed by atoms with Crippen LogP contribution in [0.2, 0.25) is 0 Å². The molecule has 68 heavy (non-hydrogen) atoms. The van der Waals surface area contributed by atoms with Gasteiger partial charge in [-0.1, -0.05) is 140 Å². The van der Waals surface area contributed by atoms with E-state index >= 15 is 0 Å². The molecule has 0 unspecified atom stereocenters. The Morgan fingerprint density at radius 2 is 0.574 bits per heavy atom. The molecule has 13 rings (SSSR count). The van der Waals surface area contributed by atoms with E-state index in [0.717, 1.165) is 45.5 Å². The van der Waals surface area contributed by atoms with Crippen LogP contribution in [0.3, 0.4) is 0 Å². The summed E-state index contributed by atoms with van der Waals surface area (Å²) < 4.78 is 4.74. The lowest BCUT2D eigenvalue weighted by molar-refractivity contribution is 1.18. The standard InChI is InChI=1S/C64H44N4/c1-5-17-49(18-6-1)65(55-37-39-63-59(43-55)57-25-13-15-27-61(57)67(63)51-21-9-3-10-22-51)53-34-31-45(32-35-53)46-29-30-48-42-54(36-33-47(48)41-46)66(50-19-7-2-8-20-50)56-38-40-64-60(44-56)58-26-14-16-28-62(58)68(64)52-23-11-4-12-24-52/h1-44H. The van der Waals surface area contributed by atoms with Crippen molar-refractivity contribution in [1.29, 1.82) is 0 Å². The van der Waals surface area contributed by atoms with Crippen LogP contribution in [0.15, 0.2) is 267 Å². The van der Waals surface area contributed by atoms with E-state index in [1.165, 1.54) is 65.5 Å². The molecule has 11 aromatic carbocycles. The quantitative estimate of drug-likeness (QED) is 0.144. The predicted molar refractivity (Wildman–Crippen MR) is 287 cm³/mol. The number of hydrogen-bond donors (Lipinski definition) is 0. The van der Waals surface area contributed by atoms with Crippen molar-refractivity contribution in [2.75, 3.05) is 9.80 Å². The third-order valence-electron chi connectivity index (χ3n) is 13.4. The molecular weight excluding hydrogens is 825 g/mol. The summed E-state index contributed by atoms with van der Waals surface area (Å²) >= 11 is 0. The van der Waals surface area contributed by atoms with Crippen LogP contribution in [0.1, 0.15) is 0 Å². The first-order chi connectivity index (χ1) is 33.7. The van der Waals surface area contributed by atoms with Crippen LogP contribution in [-0.2, 0) is 0 Å². The zero-order valence-corrected chi connectivity index (χ0v) is 37.2. The van der Waals surface area contributed by atoms with Crippen LogP contribution in [0.5, 0.6) is 0 Å². The molecule has 4 nitrogen and oxygen atoms in total. The Morgan fingerprint density at radius 1 is 0.221 bits per heavy atom. The third kappa shape index (κ3) is 6.69. The van der Waals surface area contributed by atoms with Gasteiger partial charge in [0.2, 0.25) is 0 Å². The zero-order chi connectivity index (χ0) is 45.0. The van der Waals surface area contributed by atoms with Gasteiger partial charge in [0.15, 0.2) is 0 Å². The van der Waals surface area contributed by atoms with Gasteiger partial charge in [-0.05, 0) is 149 Å². The second kappa shape index (κ2) is 16.4. The van der Waals surface area contributed by atoms with Crippen molar-refractivity contribution >= 4 is 88.5 Å². The monoisotopic (exact) mass is 868 g/mol. The van der Waals surface area contributed by atoms with Gasteiger partial charge < -0.3 is 18.9 Å². The summed E-state index contributed by atoms with van der Waals surface area (Å²) in [6.45, 7) is 0. The Hall–Kier alpha value is -9.12. The minimum absolute atomic E-state index is 1.10. The van der Waals surface area contributed by atoms with Gasteiger partial charge in [0, 0.05) is 67.0 Å². The summed E-state index contributed by atoms with van der Waals surface area (Å²) in [5.41, 5.74) is 16.1. The summed E-state index contributed by atoms with van der Waals surface area (Å²) in [5.74, 6) is 0. The predicted octanol–water partition coefficient (Wildman–Crippen LogP) is 17.6. The maximum atomic E-state index is 2.37. The highest BCUT2D eigenvalue weighted by atomic mass is 15.1. The first-order valence-corrected chi connectivity index (χ1v) is 23.3. The van der Waals surface area contributed by atoms with E-state index < -0.39 is 0 Å². The van der Waals surface area contributed by atoms with Crippen molar-refractivity contribution in [3.8, 4) is 22.5 Å². The SMILES string of the molecule is c1ccc(N(c2ccc(-c3ccc4cc(N(c5ccccc5)c5ccc6c(c5)c5ccccc5n6-c5ccccc5)ccc4c3)cc2)c2ccc3c(c2)c2ccccc2n3-c2ccccc2)cc1. The molecule has 0 fully saturated rings. The molecule has 0 aliphatic rings. The van der Waals surface area contributed by atoms with Crippen molar-refractivity contribution in [3.63, 3.8) is 0 Å². The highest BCUT2D eigenvalue weighted by Crippen LogP contribution is 2.43. The zero-order valence-electron chi connectivity index (χ0n) is 37.2. The van der Waals surface area contributed by atoms with Gasteiger partial charge in [0.1, 0.15) is 0 Å². The molecule has 0 amide bonds. The first kappa shape index (κ1) is 39.3. The third-order valence-corrected chi connectivity index (χ3v) is 13.4. The average Bonchev–Trinajstić information content (AvgIpc) is 3.92. The lowest BCUT2D eigenvalue weighted by Crippen LogP contribution is -2.09. The van der Waals surface area contributed by atoms with Crippen LogP contribution in [-0.4, -0.2) is 9.13 Å². The Labute approximate surface area is 395 Å². The van der Waals surface area contributed by atoms with Gasteiger partial charge in [0.05, 0.1) is 22.1 Å². The van der Waals surface area contributed by atoms with Gasteiger partial charge in [-0.25, -0.2) is 0 Å². The molecule has 0 radical (unpaired) electrons. The van der Waals surface area contributed by atoms with E-state index in [-0.39, 0.29) is 0 Å².